The fourth-order valence-corrected chi connectivity index (χ4v) is 4.18. The number of allylic oxidation sites excluding steroid dienone is 1. The Morgan fingerprint density at radius 2 is 1.89 bits per heavy atom. The van der Waals surface area contributed by atoms with Crippen molar-refractivity contribution >= 4 is 12.0 Å². The van der Waals surface area contributed by atoms with Crippen LogP contribution in [0.25, 0.3) is 16.9 Å². The summed E-state index contributed by atoms with van der Waals surface area (Å²) in [5.74, 6) is 0.328. The van der Waals surface area contributed by atoms with Crippen LogP contribution in [0.4, 0.5) is 4.79 Å². The summed E-state index contributed by atoms with van der Waals surface area (Å²) >= 11 is 0. The number of carbonyl (C=O) groups is 2. The number of nitrogens with zero attached hydrogens (tertiary/aromatic N) is 2. The fourth-order valence-electron chi connectivity index (χ4n) is 4.18. The van der Waals surface area contributed by atoms with Gasteiger partial charge in [-0.1, -0.05) is 25.1 Å². The smallest absolute Gasteiger partial charge is 0.338 e. The maximum atomic E-state index is 13.1. The molecule has 4 rings (SSSR count). The van der Waals surface area contributed by atoms with Gasteiger partial charge in [-0.05, 0) is 70.0 Å². The zero-order valence-corrected chi connectivity index (χ0v) is 21.3. The molecule has 1 aromatic heterocycles. The van der Waals surface area contributed by atoms with Gasteiger partial charge in [0.05, 0.1) is 35.7 Å². The predicted octanol–water partition coefficient (Wildman–Crippen LogP) is 5.22. The van der Waals surface area contributed by atoms with E-state index in [1.165, 1.54) is 0 Å². The van der Waals surface area contributed by atoms with Crippen LogP contribution in [-0.4, -0.2) is 34.5 Å². The van der Waals surface area contributed by atoms with Crippen molar-refractivity contribution in [2.45, 2.75) is 53.2 Å². The second-order valence-electron chi connectivity index (χ2n) is 9.07. The summed E-state index contributed by atoms with van der Waals surface area (Å²) < 4.78 is 13.1. The van der Waals surface area contributed by atoms with Crippen LogP contribution in [0.3, 0.4) is 0 Å². The maximum Gasteiger partial charge on any atom is 0.338 e. The molecule has 2 heterocycles. The first-order chi connectivity index (χ1) is 17.3. The van der Waals surface area contributed by atoms with Gasteiger partial charge in [0.25, 0.3) is 0 Å². The normalized spacial score (nSPS) is 15.5. The zero-order valence-electron chi connectivity index (χ0n) is 21.3. The molecule has 0 saturated carbocycles. The maximum absolute atomic E-state index is 13.1. The van der Waals surface area contributed by atoms with E-state index in [4.69, 9.17) is 14.6 Å². The molecule has 2 amide bonds. The lowest BCUT2D eigenvalue weighted by molar-refractivity contribution is -0.143. The molecule has 1 atom stereocenters. The zero-order chi connectivity index (χ0) is 25.8. The van der Waals surface area contributed by atoms with Gasteiger partial charge in [0.1, 0.15) is 5.75 Å². The van der Waals surface area contributed by atoms with E-state index in [9.17, 15) is 9.59 Å². The molecule has 0 radical (unpaired) electrons. The molecule has 0 unspecified atom stereocenters. The Hall–Kier alpha value is -4.07. The van der Waals surface area contributed by atoms with Crippen LogP contribution < -0.4 is 15.4 Å². The number of ether oxygens (including phenoxy) is 2. The molecule has 2 N–H and O–H groups in total. The van der Waals surface area contributed by atoms with Gasteiger partial charge >= 0.3 is 12.0 Å². The van der Waals surface area contributed by atoms with Gasteiger partial charge < -0.3 is 20.1 Å². The van der Waals surface area contributed by atoms with E-state index in [1.54, 1.807) is 25.5 Å². The van der Waals surface area contributed by atoms with Crippen molar-refractivity contribution < 1.29 is 19.1 Å². The fraction of sp³-hybridized carbons (Fsp3) is 0.321. The van der Waals surface area contributed by atoms with Crippen molar-refractivity contribution in [2.24, 2.45) is 0 Å². The summed E-state index contributed by atoms with van der Waals surface area (Å²) in [5, 5.41) is 10.5. The summed E-state index contributed by atoms with van der Waals surface area (Å²) in [4.78, 5) is 25.6. The van der Waals surface area contributed by atoms with Crippen LogP contribution in [0.5, 0.6) is 5.75 Å². The number of benzene rings is 2. The number of aromatic nitrogens is 2. The highest BCUT2D eigenvalue weighted by Crippen LogP contribution is 2.36. The van der Waals surface area contributed by atoms with Crippen molar-refractivity contribution in [3.8, 4) is 22.7 Å². The number of hydrogen-bond donors (Lipinski definition) is 2. The van der Waals surface area contributed by atoms with Crippen molar-refractivity contribution in [3.05, 3.63) is 77.1 Å². The van der Waals surface area contributed by atoms with Gasteiger partial charge in [0, 0.05) is 23.0 Å². The quantitative estimate of drug-likeness (QED) is 0.424. The Morgan fingerprint density at radius 3 is 2.56 bits per heavy atom. The molecule has 36 heavy (non-hydrogen) atoms. The lowest BCUT2D eigenvalue weighted by Crippen LogP contribution is -2.45. The SMILES string of the molecule is CCCOc1ccc(-c2nn(-c3ccccc3)cc2[C@H]2NC(=O)NC(C)=C2C(=O)OC(C)C)cc1C. The number of esters is 1. The van der Waals surface area contributed by atoms with Gasteiger partial charge in [0.2, 0.25) is 0 Å². The number of nitrogens with one attached hydrogen (secondary N) is 2. The molecule has 1 aliphatic rings. The number of para-hydroxylation sites is 1. The molecule has 0 saturated heterocycles. The molecule has 8 nitrogen and oxygen atoms in total. The van der Waals surface area contributed by atoms with E-state index in [2.05, 4.69) is 17.6 Å². The highest BCUT2D eigenvalue weighted by molar-refractivity contribution is 5.95. The highest BCUT2D eigenvalue weighted by Gasteiger charge is 2.35. The van der Waals surface area contributed by atoms with Crippen molar-refractivity contribution in [2.75, 3.05) is 6.61 Å². The lowest BCUT2D eigenvalue weighted by Gasteiger charge is -2.28. The average molecular weight is 489 g/mol. The van der Waals surface area contributed by atoms with Crippen LogP contribution in [0.15, 0.2) is 66.0 Å². The van der Waals surface area contributed by atoms with E-state index in [1.807, 2.05) is 61.7 Å². The monoisotopic (exact) mass is 488 g/mol. The number of hydrogen-bond acceptors (Lipinski definition) is 5. The Bertz CT molecular complexity index is 1290. The van der Waals surface area contributed by atoms with E-state index in [-0.39, 0.29) is 6.10 Å². The van der Waals surface area contributed by atoms with Crippen LogP contribution in [0.1, 0.15) is 51.3 Å². The Kier molecular flexibility index (Phi) is 7.43. The van der Waals surface area contributed by atoms with Crippen LogP contribution in [-0.2, 0) is 9.53 Å². The second-order valence-corrected chi connectivity index (χ2v) is 9.07. The molecule has 0 bridgehead atoms. The number of aryl methyl sites for hydroxylation is 1. The van der Waals surface area contributed by atoms with E-state index in [0.29, 0.717) is 29.1 Å². The second kappa shape index (κ2) is 10.7. The number of amides is 2. The molecule has 0 fully saturated rings. The minimum absolute atomic E-state index is 0.305. The first-order valence-corrected chi connectivity index (χ1v) is 12.2. The highest BCUT2D eigenvalue weighted by atomic mass is 16.5. The summed E-state index contributed by atoms with van der Waals surface area (Å²) in [6, 6.07) is 14.5. The van der Waals surface area contributed by atoms with Gasteiger partial charge in [-0.2, -0.15) is 5.10 Å². The minimum atomic E-state index is -0.742. The van der Waals surface area contributed by atoms with Gasteiger partial charge in [0.15, 0.2) is 0 Å². The largest absolute Gasteiger partial charge is 0.493 e. The lowest BCUT2D eigenvalue weighted by atomic mass is 9.93. The van der Waals surface area contributed by atoms with Crippen molar-refractivity contribution in [1.29, 1.82) is 0 Å². The van der Waals surface area contributed by atoms with E-state index in [0.717, 1.165) is 29.0 Å². The molecule has 3 aromatic rings. The minimum Gasteiger partial charge on any atom is -0.493 e. The molecular weight excluding hydrogens is 456 g/mol. The van der Waals surface area contributed by atoms with Crippen molar-refractivity contribution in [3.63, 3.8) is 0 Å². The molecule has 188 valence electrons. The number of rotatable bonds is 8. The topological polar surface area (TPSA) is 94.5 Å². The average Bonchev–Trinajstić information content (AvgIpc) is 3.28. The van der Waals surface area contributed by atoms with Crippen LogP contribution >= 0.6 is 0 Å². The van der Waals surface area contributed by atoms with Gasteiger partial charge in [-0.3, -0.25) is 0 Å². The van der Waals surface area contributed by atoms with Crippen LogP contribution in [0.2, 0.25) is 0 Å². The van der Waals surface area contributed by atoms with Gasteiger partial charge in [-0.25, -0.2) is 14.3 Å². The third kappa shape index (κ3) is 5.27. The molecular formula is C28H32N4O4. The third-order valence-corrected chi connectivity index (χ3v) is 5.82. The standard InChI is InChI=1S/C28H32N4O4/c1-6-14-35-23-13-12-20(15-18(23)4)25-22(16-32(31-25)21-10-8-7-9-11-21)26-24(27(33)36-17(2)3)19(5)29-28(34)30-26/h7-13,15-17,26H,6,14H2,1-5H3,(H2,29,30,34)/t26-/m1/s1. The number of urea groups is 1. The number of carbonyl (C=O) groups excluding carboxylic acids is 2. The van der Waals surface area contributed by atoms with Crippen molar-refractivity contribution in [1.82, 2.24) is 20.4 Å². The molecule has 2 aromatic carbocycles. The van der Waals surface area contributed by atoms with E-state index >= 15 is 0 Å². The first kappa shape index (κ1) is 25.0. The molecule has 0 aliphatic carbocycles. The molecule has 0 spiro atoms. The summed E-state index contributed by atoms with van der Waals surface area (Å²) in [7, 11) is 0. The summed E-state index contributed by atoms with van der Waals surface area (Å²) in [5.41, 5.74) is 4.81. The summed E-state index contributed by atoms with van der Waals surface area (Å²) in [6.07, 6.45) is 2.47. The molecule has 8 heteroatoms. The third-order valence-electron chi connectivity index (χ3n) is 5.82. The first-order valence-electron chi connectivity index (χ1n) is 12.2. The summed E-state index contributed by atoms with van der Waals surface area (Å²) in [6.45, 7) is 9.98. The molecule has 1 aliphatic heterocycles. The Balaban J connectivity index is 1.86. The van der Waals surface area contributed by atoms with Gasteiger partial charge in [-0.15, -0.1) is 0 Å². The van der Waals surface area contributed by atoms with Crippen LogP contribution in [0, 0.1) is 6.92 Å². The predicted molar refractivity (Wildman–Crippen MR) is 138 cm³/mol. The Labute approximate surface area is 211 Å². The van der Waals surface area contributed by atoms with E-state index < -0.39 is 18.0 Å². The Morgan fingerprint density at radius 1 is 1.14 bits per heavy atom.